The van der Waals surface area contributed by atoms with E-state index < -0.39 is 11.6 Å². The summed E-state index contributed by atoms with van der Waals surface area (Å²) in [6, 6.07) is 4.58. The number of benzene rings is 1. The highest BCUT2D eigenvalue weighted by molar-refractivity contribution is 5.18. The summed E-state index contributed by atoms with van der Waals surface area (Å²) in [5.41, 5.74) is 0.752. The molecule has 0 amide bonds. The topological polar surface area (TPSA) is 15.3 Å². The van der Waals surface area contributed by atoms with Gasteiger partial charge < -0.3 is 10.2 Å². The molecule has 2 fully saturated rings. The zero-order valence-electron chi connectivity index (χ0n) is 11.7. The summed E-state index contributed by atoms with van der Waals surface area (Å²) in [4.78, 5) is 2.40. The van der Waals surface area contributed by atoms with Crippen LogP contribution in [0, 0.1) is 17.6 Å². The number of hydrogen-bond donors (Lipinski definition) is 1. The number of likely N-dealkylation sites (tertiary alicyclic amines) is 1. The van der Waals surface area contributed by atoms with Crippen molar-refractivity contribution in [3.63, 3.8) is 0 Å². The number of hydrogen-bond acceptors (Lipinski definition) is 2. The van der Waals surface area contributed by atoms with Crippen LogP contribution in [0.15, 0.2) is 18.2 Å². The average molecular weight is 280 g/mol. The highest BCUT2D eigenvalue weighted by atomic mass is 19.1. The van der Waals surface area contributed by atoms with Crippen molar-refractivity contribution in [2.24, 2.45) is 5.92 Å². The Bertz CT molecular complexity index is 440. The first-order valence-corrected chi connectivity index (χ1v) is 7.60. The summed E-state index contributed by atoms with van der Waals surface area (Å²) in [5, 5.41) is 3.58. The Balaban J connectivity index is 1.42. The van der Waals surface area contributed by atoms with E-state index in [1.54, 1.807) is 0 Å². The second-order valence-corrected chi connectivity index (χ2v) is 6.17. The van der Waals surface area contributed by atoms with Gasteiger partial charge in [0.05, 0.1) is 0 Å². The molecular formula is C16H22F2N2. The van der Waals surface area contributed by atoms with Crippen LogP contribution >= 0.6 is 0 Å². The van der Waals surface area contributed by atoms with Crippen molar-refractivity contribution in [1.82, 2.24) is 10.2 Å². The predicted octanol–water partition coefficient (Wildman–Crippen LogP) is 2.58. The summed E-state index contributed by atoms with van der Waals surface area (Å²) >= 11 is 0. The lowest BCUT2D eigenvalue weighted by molar-refractivity contribution is 0.325. The van der Waals surface area contributed by atoms with Crippen molar-refractivity contribution < 1.29 is 8.78 Å². The molecule has 0 spiro atoms. The van der Waals surface area contributed by atoms with Gasteiger partial charge in [-0.05, 0) is 62.4 Å². The summed E-state index contributed by atoms with van der Waals surface area (Å²) in [6.07, 6.45) is 4.62. The molecule has 0 aromatic heterocycles. The monoisotopic (exact) mass is 280 g/mol. The van der Waals surface area contributed by atoms with Gasteiger partial charge in [-0.2, -0.15) is 0 Å². The smallest absolute Gasteiger partial charge is 0.126 e. The van der Waals surface area contributed by atoms with Crippen molar-refractivity contribution in [1.29, 1.82) is 0 Å². The molecule has 4 heteroatoms. The number of rotatable bonds is 6. The third-order valence-electron chi connectivity index (χ3n) is 4.28. The van der Waals surface area contributed by atoms with E-state index in [1.807, 2.05) is 0 Å². The minimum absolute atomic E-state index is 0.479. The Kier molecular flexibility index (Phi) is 4.32. The van der Waals surface area contributed by atoms with Crippen LogP contribution in [0.4, 0.5) is 8.78 Å². The molecule has 3 rings (SSSR count). The van der Waals surface area contributed by atoms with Gasteiger partial charge >= 0.3 is 0 Å². The van der Waals surface area contributed by atoms with Crippen LogP contribution in [0.25, 0.3) is 0 Å². The van der Waals surface area contributed by atoms with E-state index in [-0.39, 0.29) is 0 Å². The first-order chi connectivity index (χ1) is 9.69. The van der Waals surface area contributed by atoms with Gasteiger partial charge in [0.1, 0.15) is 11.6 Å². The van der Waals surface area contributed by atoms with Gasteiger partial charge in [0, 0.05) is 25.2 Å². The lowest BCUT2D eigenvalue weighted by Crippen LogP contribution is -2.28. The summed E-state index contributed by atoms with van der Waals surface area (Å²) < 4.78 is 26.2. The first-order valence-electron chi connectivity index (χ1n) is 7.60. The Labute approximate surface area is 119 Å². The van der Waals surface area contributed by atoms with Gasteiger partial charge in [-0.3, -0.25) is 0 Å². The maximum atomic E-state index is 13.1. The lowest BCUT2D eigenvalue weighted by Gasteiger charge is -2.16. The van der Waals surface area contributed by atoms with Gasteiger partial charge in [-0.1, -0.05) is 0 Å². The Morgan fingerprint density at radius 1 is 1.10 bits per heavy atom. The molecule has 20 heavy (non-hydrogen) atoms. The fraction of sp³-hybridized carbons (Fsp3) is 0.625. The minimum Gasteiger partial charge on any atom is -0.314 e. The fourth-order valence-electron chi connectivity index (χ4n) is 2.95. The largest absolute Gasteiger partial charge is 0.314 e. The Morgan fingerprint density at radius 2 is 1.85 bits per heavy atom. The quantitative estimate of drug-likeness (QED) is 0.861. The van der Waals surface area contributed by atoms with Gasteiger partial charge in [-0.25, -0.2) is 8.78 Å². The molecule has 1 unspecified atom stereocenters. The molecule has 1 atom stereocenters. The van der Waals surface area contributed by atoms with Crippen LogP contribution in [0.2, 0.25) is 0 Å². The molecule has 110 valence electrons. The molecule has 1 aromatic carbocycles. The molecule has 1 aromatic rings. The summed E-state index contributed by atoms with van der Waals surface area (Å²) in [5.74, 6) is -0.222. The van der Waals surface area contributed by atoms with Crippen molar-refractivity contribution in [2.45, 2.75) is 31.7 Å². The van der Waals surface area contributed by atoms with Crippen molar-refractivity contribution in [3.05, 3.63) is 35.4 Å². The van der Waals surface area contributed by atoms with Gasteiger partial charge in [0.25, 0.3) is 0 Å². The van der Waals surface area contributed by atoms with Crippen LogP contribution in [0.5, 0.6) is 0 Å². The van der Waals surface area contributed by atoms with Crippen LogP contribution in [0.1, 0.15) is 24.8 Å². The van der Waals surface area contributed by atoms with E-state index in [0.29, 0.717) is 0 Å². The Morgan fingerprint density at radius 3 is 2.55 bits per heavy atom. The predicted molar refractivity (Wildman–Crippen MR) is 75.6 cm³/mol. The zero-order chi connectivity index (χ0) is 13.9. The van der Waals surface area contributed by atoms with Crippen molar-refractivity contribution >= 4 is 0 Å². The molecule has 2 aliphatic rings. The standard InChI is InChI=1S/C16H22F2N2/c17-14-7-12(8-15(18)9-14)3-5-20-6-4-13(11-20)10-19-16-1-2-16/h7-9,13,16,19H,1-6,10-11H2. The van der Waals surface area contributed by atoms with E-state index in [1.165, 1.54) is 31.4 Å². The number of halogens is 2. The number of nitrogens with one attached hydrogen (secondary N) is 1. The van der Waals surface area contributed by atoms with Gasteiger partial charge in [0.15, 0.2) is 0 Å². The maximum absolute atomic E-state index is 13.1. The van der Waals surface area contributed by atoms with Crippen molar-refractivity contribution in [3.8, 4) is 0 Å². The molecule has 1 aliphatic carbocycles. The third kappa shape index (κ3) is 4.00. The minimum atomic E-state index is -0.479. The Hall–Kier alpha value is -1.00. The molecule has 1 aliphatic heterocycles. The van der Waals surface area contributed by atoms with Gasteiger partial charge in [-0.15, -0.1) is 0 Å². The summed E-state index contributed by atoms with van der Waals surface area (Å²) in [7, 11) is 0. The normalized spacial score (nSPS) is 23.4. The van der Waals surface area contributed by atoms with E-state index >= 15 is 0 Å². The molecule has 1 saturated carbocycles. The number of nitrogens with zero attached hydrogens (tertiary/aromatic N) is 1. The zero-order valence-corrected chi connectivity index (χ0v) is 11.7. The third-order valence-corrected chi connectivity index (χ3v) is 4.28. The second-order valence-electron chi connectivity index (χ2n) is 6.17. The molecule has 0 radical (unpaired) electrons. The van der Waals surface area contributed by atoms with Crippen LogP contribution < -0.4 is 5.32 Å². The van der Waals surface area contributed by atoms with E-state index in [0.717, 1.165) is 56.2 Å². The highest BCUT2D eigenvalue weighted by Crippen LogP contribution is 2.21. The van der Waals surface area contributed by atoms with E-state index in [2.05, 4.69) is 10.2 Å². The van der Waals surface area contributed by atoms with Crippen LogP contribution in [0.3, 0.4) is 0 Å². The van der Waals surface area contributed by atoms with Crippen LogP contribution in [-0.4, -0.2) is 37.1 Å². The fourth-order valence-corrected chi connectivity index (χ4v) is 2.95. The molecule has 2 nitrogen and oxygen atoms in total. The molecule has 1 heterocycles. The molecule has 0 bridgehead atoms. The first kappa shape index (κ1) is 14.0. The lowest BCUT2D eigenvalue weighted by atomic mass is 10.1. The summed E-state index contributed by atoms with van der Waals surface area (Å²) in [6.45, 7) is 4.23. The molecule has 1 N–H and O–H groups in total. The van der Waals surface area contributed by atoms with E-state index in [4.69, 9.17) is 0 Å². The molecule has 1 saturated heterocycles. The van der Waals surface area contributed by atoms with Gasteiger partial charge in [0.2, 0.25) is 0 Å². The second kappa shape index (κ2) is 6.19. The van der Waals surface area contributed by atoms with Crippen molar-refractivity contribution in [2.75, 3.05) is 26.2 Å². The molecular weight excluding hydrogens is 258 g/mol. The van der Waals surface area contributed by atoms with E-state index in [9.17, 15) is 8.78 Å². The van der Waals surface area contributed by atoms with Crippen LogP contribution in [-0.2, 0) is 6.42 Å². The SMILES string of the molecule is Fc1cc(F)cc(CCN2CCC(CNC3CC3)C2)c1. The highest BCUT2D eigenvalue weighted by Gasteiger charge is 2.25. The average Bonchev–Trinajstić information content (AvgIpc) is 3.12. The maximum Gasteiger partial charge on any atom is 0.126 e.